The van der Waals surface area contributed by atoms with Gasteiger partial charge in [0, 0.05) is 19.4 Å². The molecule has 10 heteroatoms. The minimum atomic E-state index is -2.37. The zero-order valence-corrected chi connectivity index (χ0v) is 29.1. The third-order valence-corrected chi connectivity index (χ3v) is 13.9. The molecule has 9 nitrogen and oxygen atoms in total. The summed E-state index contributed by atoms with van der Waals surface area (Å²) in [6.45, 7) is 16.1. The van der Waals surface area contributed by atoms with E-state index in [0.29, 0.717) is 38.6 Å². The second-order valence-electron chi connectivity index (χ2n) is 14.2. The number of Topliss-reactive ketones (excluding diaryl/α,β-unsaturated/α-hetero) is 1. The van der Waals surface area contributed by atoms with Gasteiger partial charge in [-0.25, -0.2) is 4.79 Å². The number of hydrogen-bond donors (Lipinski definition) is 2. The first kappa shape index (κ1) is 37.6. The summed E-state index contributed by atoms with van der Waals surface area (Å²) in [5.41, 5.74) is 7.27. The molecule has 44 heavy (non-hydrogen) atoms. The van der Waals surface area contributed by atoms with Crippen LogP contribution < -0.4 is 5.73 Å². The maximum atomic E-state index is 13.8. The molecule has 0 spiro atoms. The van der Waals surface area contributed by atoms with E-state index >= 15 is 0 Å². The van der Waals surface area contributed by atoms with Gasteiger partial charge in [0.05, 0.1) is 18.1 Å². The van der Waals surface area contributed by atoms with E-state index in [1.54, 1.807) is 18.7 Å². The third-order valence-electron chi connectivity index (χ3n) is 9.43. The Morgan fingerprint density at radius 2 is 1.70 bits per heavy atom. The second kappa shape index (κ2) is 16.7. The van der Waals surface area contributed by atoms with Crippen molar-refractivity contribution in [2.24, 2.45) is 17.6 Å². The number of carbonyl (C=O) groups is 4. The van der Waals surface area contributed by atoms with Gasteiger partial charge < -0.3 is 29.7 Å². The van der Waals surface area contributed by atoms with Crippen LogP contribution in [0.1, 0.15) is 92.1 Å². The molecule has 0 aromatic heterocycles. The van der Waals surface area contributed by atoms with Gasteiger partial charge in [-0.05, 0) is 75.6 Å². The van der Waals surface area contributed by atoms with Crippen LogP contribution in [0.5, 0.6) is 0 Å². The Balaban J connectivity index is 2.27. The van der Waals surface area contributed by atoms with E-state index in [9.17, 15) is 24.3 Å². The van der Waals surface area contributed by atoms with Crippen molar-refractivity contribution in [1.82, 2.24) is 4.90 Å². The van der Waals surface area contributed by atoms with Gasteiger partial charge in [-0.3, -0.25) is 9.59 Å². The highest BCUT2D eigenvalue weighted by atomic mass is 28.4. The number of carbonyl (C=O) groups excluding carboxylic acids is 3. The van der Waals surface area contributed by atoms with E-state index in [1.165, 1.54) is 0 Å². The number of nitrogens with two attached hydrogens (primary N) is 1. The summed E-state index contributed by atoms with van der Waals surface area (Å²) in [6, 6.07) is 8.03. The molecule has 6 atom stereocenters. The lowest BCUT2D eigenvalue weighted by atomic mass is 9.90. The smallest absolute Gasteiger partial charge is 0.329 e. The van der Waals surface area contributed by atoms with Crippen LogP contribution >= 0.6 is 0 Å². The lowest BCUT2D eigenvalue weighted by molar-refractivity contribution is -0.163. The molecule has 1 aromatic carbocycles. The van der Waals surface area contributed by atoms with E-state index in [1.807, 2.05) is 37.3 Å². The molecule has 0 radical (unpaired) electrons. The van der Waals surface area contributed by atoms with Crippen LogP contribution in [0.4, 0.5) is 0 Å². The summed E-state index contributed by atoms with van der Waals surface area (Å²) in [4.78, 5) is 52.4. The number of amides is 1. The zero-order valence-electron chi connectivity index (χ0n) is 28.1. The topological polar surface area (TPSA) is 136 Å². The van der Waals surface area contributed by atoms with Crippen LogP contribution in [0.2, 0.25) is 18.1 Å². The zero-order chi connectivity index (χ0) is 33.2. The number of unbranched alkanes of at least 4 members (excludes halogenated alkanes) is 1. The summed E-state index contributed by atoms with van der Waals surface area (Å²) in [5, 5.41) is 9.83. The molecule has 248 valence electrons. The molecule has 3 N–H and O–H groups in total. The predicted octanol–water partition coefficient (Wildman–Crippen LogP) is 5.75. The highest BCUT2D eigenvalue weighted by Crippen LogP contribution is 2.39. The molecule has 1 heterocycles. The van der Waals surface area contributed by atoms with Crippen molar-refractivity contribution in [2.45, 2.75) is 135 Å². The van der Waals surface area contributed by atoms with E-state index in [0.717, 1.165) is 18.4 Å². The standard InChI is InChI=1S/C34H56N2O7Si/c1-23(15-12-13-16-24(2)37)29(22-30(25(3)32(39)40)43-44(7,8)34(4,5)6)42-33(41)28-19-14-20-36(28)31(38)27(35)21-26-17-10-9-11-18-26/h9-11,17-18,23,25,27-30H,12-16,19-22,35H2,1-8H3,(H,39,40)/t23-,25+,27+,28-,29+,30-/m0/s1. The molecule has 1 aliphatic rings. The first-order valence-electron chi connectivity index (χ1n) is 16.1. The third kappa shape index (κ3) is 11.1. The van der Waals surface area contributed by atoms with Crippen LogP contribution in [-0.4, -0.2) is 72.8 Å². The van der Waals surface area contributed by atoms with E-state index in [4.69, 9.17) is 14.9 Å². The lowest BCUT2D eigenvalue weighted by Crippen LogP contribution is -2.51. The van der Waals surface area contributed by atoms with Gasteiger partial charge in [-0.15, -0.1) is 0 Å². The minimum absolute atomic E-state index is 0.108. The number of carboxylic acid groups (broad SMARTS) is 1. The summed E-state index contributed by atoms with van der Waals surface area (Å²) >= 11 is 0. The number of nitrogens with zero attached hydrogens (tertiary/aromatic N) is 1. The number of ether oxygens (including phenoxy) is 1. The summed E-state index contributed by atoms with van der Waals surface area (Å²) in [7, 11) is -2.37. The first-order valence-corrected chi connectivity index (χ1v) is 19.1. The molecule has 0 bridgehead atoms. The molecule has 1 fully saturated rings. The maximum absolute atomic E-state index is 13.8. The highest BCUT2D eigenvalue weighted by Gasteiger charge is 2.44. The number of rotatable bonds is 17. The van der Waals surface area contributed by atoms with Crippen LogP contribution in [0, 0.1) is 11.8 Å². The quantitative estimate of drug-likeness (QED) is 0.126. The molecule has 0 aliphatic carbocycles. The normalized spacial score (nSPS) is 19.1. The fourth-order valence-corrected chi connectivity index (χ4v) is 6.80. The number of carboxylic acids is 1. The Kier molecular flexibility index (Phi) is 14.2. The Bertz CT molecular complexity index is 1100. The van der Waals surface area contributed by atoms with Crippen LogP contribution in [0.3, 0.4) is 0 Å². The van der Waals surface area contributed by atoms with Crippen molar-refractivity contribution in [3.05, 3.63) is 35.9 Å². The molecule has 2 rings (SSSR count). The Morgan fingerprint density at radius 3 is 2.27 bits per heavy atom. The molecule has 0 saturated carbocycles. The second-order valence-corrected chi connectivity index (χ2v) is 18.9. The van der Waals surface area contributed by atoms with E-state index in [-0.39, 0.29) is 29.1 Å². The van der Waals surface area contributed by atoms with Crippen molar-refractivity contribution in [2.75, 3.05) is 6.54 Å². The molecule has 1 aliphatic heterocycles. The lowest BCUT2D eigenvalue weighted by Gasteiger charge is -2.41. The minimum Gasteiger partial charge on any atom is -0.481 e. The largest absolute Gasteiger partial charge is 0.481 e. The number of likely N-dealkylation sites (tertiary alicyclic amines) is 1. The summed E-state index contributed by atoms with van der Waals surface area (Å²) < 4.78 is 12.9. The maximum Gasteiger partial charge on any atom is 0.329 e. The Morgan fingerprint density at radius 1 is 1.07 bits per heavy atom. The average Bonchev–Trinajstić information content (AvgIpc) is 3.43. The number of benzene rings is 1. The fraction of sp³-hybridized carbons (Fsp3) is 0.706. The van der Waals surface area contributed by atoms with Gasteiger partial charge >= 0.3 is 11.9 Å². The van der Waals surface area contributed by atoms with Crippen molar-refractivity contribution >= 4 is 31.9 Å². The molecular formula is C34H56N2O7Si. The number of aliphatic carboxylic acids is 1. The average molecular weight is 633 g/mol. The van der Waals surface area contributed by atoms with Crippen LogP contribution in [-0.2, 0) is 34.8 Å². The highest BCUT2D eigenvalue weighted by molar-refractivity contribution is 6.74. The predicted molar refractivity (Wildman–Crippen MR) is 175 cm³/mol. The Labute approximate surface area is 265 Å². The Hall–Kier alpha value is -2.56. The van der Waals surface area contributed by atoms with Gasteiger partial charge in [0.1, 0.15) is 17.9 Å². The van der Waals surface area contributed by atoms with Crippen molar-refractivity contribution < 1.29 is 33.4 Å². The monoisotopic (exact) mass is 632 g/mol. The van der Waals surface area contributed by atoms with Crippen molar-refractivity contribution in [3.63, 3.8) is 0 Å². The van der Waals surface area contributed by atoms with Gasteiger partial charge in [0.25, 0.3) is 0 Å². The van der Waals surface area contributed by atoms with Crippen molar-refractivity contribution in [3.8, 4) is 0 Å². The molecule has 1 aromatic rings. The molecule has 1 amide bonds. The van der Waals surface area contributed by atoms with E-state index in [2.05, 4.69) is 33.9 Å². The van der Waals surface area contributed by atoms with Gasteiger partial charge in [-0.1, -0.05) is 64.4 Å². The van der Waals surface area contributed by atoms with Crippen molar-refractivity contribution in [1.29, 1.82) is 0 Å². The van der Waals surface area contributed by atoms with Gasteiger partial charge in [0.2, 0.25) is 5.91 Å². The fourth-order valence-electron chi connectivity index (χ4n) is 5.39. The molecule has 1 saturated heterocycles. The first-order chi connectivity index (χ1) is 20.4. The van der Waals surface area contributed by atoms with Gasteiger partial charge in [0.15, 0.2) is 8.32 Å². The molecular weight excluding hydrogens is 576 g/mol. The SMILES string of the molecule is CC(=O)CCCC[C@H](C)[C@@H](C[C@H](O[Si](C)(C)C(C)(C)C)[C@@H](C)C(=O)O)OC(=O)[C@@H]1CCCN1C(=O)[C@H](N)Cc1ccccc1. The summed E-state index contributed by atoms with van der Waals surface area (Å²) in [6.07, 6.45) is 3.18. The van der Waals surface area contributed by atoms with Gasteiger partial charge in [-0.2, -0.15) is 0 Å². The van der Waals surface area contributed by atoms with Crippen LogP contribution in [0.25, 0.3) is 0 Å². The van der Waals surface area contributed by atoms with Crippen LogP contribution in [0.15, 0.2) is 30.3 Å². The number of ketones is 1. The molecule has 0 unspecified atom stereocenters. The number of esters is 1. The summed E-state index contributed by atoms with van der Waals surface area (Å²) in [5.74, 6) is -2.51. The number of hydrogen-bond acceptors (Lipinski definition) is 7. The van der Waals surface area contributed by atoms with E-state index < -0.39 is 50.5 Å².